The molecule has 2 aromatic rings. The zero-order chi connectivity index (χ0) is 15.4. The molecule has 118 valence electrons. The van der Waals surface area contributed by atoms with Gasteiger partial charge in [0.1, 0.15) is 5.52 Å². The van der Waals surface area contributed by atoms with Crippen molar-refractivity contribution < 1.29 is 9.15 Å². The lowest BCUT2D eigenvalue weighted by atomic mass is 10.3. The number of hydrogen-bond donors (Lipinski definition) is 2. The number of nitrogens with zero attached hydrogens (tertiary/aromatic N) is 2. The number of oxazole rings is 1. The van der Waals surface area contributed by atoms with Gasteiger partial charge < -0.3 is 19.8 Å². The van der Waals surface area contributed by atoms with Crippen molar-refractivity contribution in [3.63, 3.8) is 0 Å². The second-order valence-corrected chi connectivity index (χ2v) is 5.66. The van der Waals surface area contributed by atoms with Crippen molar-refractivity contribution in [3.05, 3.63) is 24.1 Å². The van der Waals surface area contributed by atoms with E-state index in [0.717, 1.165) is 56.2 Å². The molecular formula is C15H20N4O2S. The van der Waals surface area contributed by atoms with E-state index in [4.69, 9.17) is 21.4 Å². The largest absolute Gasteiger partial charge is 0.441 e. The van der Waals surface area contributed by atoms with Crippen molar-refractivity contribution in [2.24, 2.45) is 0 Å². The molecule has 0 bridgehead atoms. The van der Waals surface area contributed by atoms with E-state index in [9.17, 15) is 0 Å². The molecule has 2 heterocycles. The Balaban J connectivity index is 1.47. The first-order chi connectivity index (χ1) is 10.7. The summed E-state index contributed by atoms with van der Waals surface area (Å²) in [5.41, 5.74) is 2.53. The zero-order valence-electron chi connectivity index (χ0n) is 12.6. The maximum absolute atomic E-state index is 5.46. The predicted octanol–water partition coefficient (Wildman–Crippen LogP) is 1.75. The van der Waals surface area contributed by atoms with Gasteiger partial charge in [-0.1, -0.05) is 0 Å². The molecule has 6 nitrogen and oxygen atoms in total. The van der Waals surface area contributed by atoms with E-state index in [1.54, 1.807) is 0 Å². The first kappa shape index (κ1) is 15.2. The Bertz CT molecular complexity index is 652. The maximum Gasteiger partial charge on any atom is 0.192 e. The van der Waals surface area contributed by atoms with Gasteiger partial charge in [-0.05, 0) is 30.4 Å². The molecule has 22 heavy (non-hydrogen) atoms. The van der Waals surface area contributed by atoms with E-state index in [2.05, 4.69) is 20.5 Å². The van der Waals surface area contributed by atoms with Gasteiger partial charge in [0, 0.05) is 38.8 Å². The average Bonchev–Trinajstić information content (AvgIpc) is 2.87. The number of aryl methyl sites for hydroxylation is 1. The number of rotatable bonds is 4. The van der Waals surface area contributed by atoms with Gasteiger partial charge in [0.05, 0.1) is 13.2 Å². The minimum absolute atomic E-state index is 0.618. The Hall–Kier alpha value is -1.70. The van der Waals surface area contributed by atoms with Gasteiger partial charge in [0.2, 0.25) is 0 Å². The van der Waals surface area contributed by atoms with Crippen LogP contribution in [0.25, 0.3) is 11.1 Å². The van der Waals surface area contributed by atoms with Gasteiger partial charge >= 0.3 is 0 Å². The highest BCUT2D eigenvalue weighted by atomic mass is 32.1. The SMILES string of the molecule is Cc1nc2cc(NC(=S)NCCN3CCOCC3)ccc2o1. The van der Waals surface area contributed by atoms with Crippen LogP contribution in [0.15, 0.2) is 22.6 Å². The first-order valence-corrected chi connectivity index (χ1v) is 7.84. The van der Waals surface area contributed by atoms with Crippen LogP contribution < -0.4 is 10.6 Å². The summed E-state index contributed by atoms with van der Waals surface area (Å²) < 4.78 is 10.8. The molecule has 0 unspecified atom stereocenters. The topological polar surface area (TPSA) is 62.6 Å². The van der Waals surface area contributed by atoms with Gasteiger partial charge in [-0.25, -0.2) is 4.98 Å². The van der Waals surface area contributed by atoms with Gasteiger partial charge in [-0.15, -0.1) is 0 Å². The number of hydrogen-bond acceptors (Lipinski definition) is 5. The molecule has 0 amide bonds. The highest BCUT2D eigenvalue weighted by Gasteiger charge is 2.09. The van der Waals surface area contributed by atoms with Gasteiger partial charge in [-0.3, -0.25) is 4.90 Å². The minimum Gasteiger partial charge on any atom is -0.441 e. The summed E-state index contributed by atoms with van der Waals surface area (Å²) >= 11 is 5.32. The van der Waals surface area contributed by atoms with Crippen molar-refractivity contribution in [2.45, 2.75) is 6.92 Å². The lowest BCUT2D eigenvalue weighted by molar-refractivity contribution is 0.0389. The van der Waals surface area contributed by atoms with E-state index >= 15 is 0 Å². The molecule has 1 fully saturated rings. The number of ether oxygens (including phenoxy) is 1. The third kappa shape index (κ3) is 3.94. The van der Waals surface area contributed by atoms with Crippen LogP contribution >= 0.6 is 12.2 Å². The predicted molar refractivity (Wildman–Crippen MR) is 90.2 cm³/mol. The van der Waals surface area contributed by atoms with Crippen LogP contribution in [0.1, 0.15) is 5.89 Å². The molecule has 1 aromatic carbocycles. The average molecular weight is 320 g/mol. The summed E-state index contributed by atoms with van der Waals surface area (Å²) in [7, 11) is 0. The van der Waals surface area contributed by atoms with E-state index in [1.807, 2.05) is 25.1 Å². The lowest BCUT2D eigenvalue weighted by Crippen LogP contribution is -2.42. The van der Waals surface area contributed by atoms with Crippen molar-refractivity contribution >= 4 is 34.1 Å². The van der Waals surface area contributed by atoms with E-state index in [1.165, 1.54) is 0 Å². The number of benzene rings is 1. The number of nitrogens with one attached hydrogen (secondary N) is 2. The molecule has 1 saturated heterocycles. The fourth-order valence-corrected chi connectivity index (χ4v) is 2.67. The molecule has 1 aliphatic rings. The van der Waals surface area contributed by atoms with Crippen LogP contribution in [0.5, 0.6) is 0 Å². The van der Waals surface area contributed by atoms with Crippen LogP contribution in [0.2, 0.25) is 0 Å². The Kier molecular flexibility index (Phi) is 4.87. The molecule has 0 spiro atoms. The van der Waals surface area contributed by atoms with Crippen LogP contribution in [-0.2, 0) is 4.74 Å². The summed E-state index contributed by atoms with van der Waals surface area (Å²) in [6, 6.07) is 5.76. The second kappa shape index (κ2) is 7.04. The maximum atomic E-state index is 5.46. The fraction of sp³-hybridized carbons (Fsp3) is 0.467. The third-order valence-electron chi connectivity index (χ3n) is 3.57. The lowest BCUT2D eigenvalue weighted by Gasteiger charge is -2.26. The number of thiocarbonyl (C=S) groups is 1. The molecule has 0 atom stereocenters. The Morgan fingerprint density at radius 1 is 1.36 bits per heavy atom. The Morgan fingerprint density at radius 2 is 2.18 bits per heavy atom. The zero-order valence-corrected chi connectivity index (χ0v) is 13.4. The van der Waals surface area contributed by atoms with Crippen molar-refractivity contribution in [3.8, 4) is 0 Å². The Morgan fingerprint density at radius 3 is 3.00 bits per heavy atom. The highest BCUT2D eigenvalue weighted by molar-refractivity contribution is 7.80. The molecule has 7 heteroatoms. The van der Waals surface area contributed by atoms with Gasteiger partial charge in [0.25, 0.3) is 0 Å². The molecule has 0 radical (unpaired) electrons. The second-order valence-electron chi connectivity index (χ2n) is 5.25. The molecular weight excluding hydrogens is 300 g/mol. The molecule has 0 saturated carbocycles. The number of morpholine rings is 1. The molecule has 3 rings (SSSR count). The van der Waals surface area contributed by atoms with Crippen molar-refractivity contribution in [1.29, 1.82) is 0 Å². The monoisotopic (exact) mass is 320 g/mol. The van der Waals surface area contributed by atoms with Crippen molar-refractivity contribution in [1.82, 2.24) is 15.2 Å². The third-order valence-corrected chi connectivity index (χ3v) is 3.82. The molecule has 1 aromatic heterocycles. The van der Waals surface area contributed by atoms with Gasteiger partial charge in [0.15, 0.2) is 16.6 Å². The minimum atomic E-state index is 0.618. The summed E-state index contributed by atoms with van der Waals surface area (Å²) in [6.45, 7) is 7.24. The fourth-order valence-electron chi connectivity index (χ4n) is 2.45. The van der Waals surface area contributed by atoms with E-state index in [0.29, 0.717) is 11.0 Å². The summed E-state index contributed by atoms with van der Waals surface area (Å²) in [5, 5.41) is 7.02. The smallest absolute Gasteiger partial charge is 0.192 e. The first-order valence-electron chi connectivity index (χ1n) is 7.43. The van der Waals surface area contributed by atoms with Crippen LogP contribution in [-0.4, -0.2) is 54.4 Å². The quantitative estimate of drug-likeness (QED) is 0.832. The van der Waals surface area contributed by atoms with E-state index < -0.39 is 0 Å². The Labute approximate surface area is 134 Å². The number of aromatic nitrogens is 1. The standard InChI is InChI=1S/C15H20N4O2S/c1-11-17-13-10-12(2-3-14(13)21-11)18-15(22)16-4-5-19-6-8-20-9-7-19/h2-3,10H,4-9H2,1H3,(H2,16,18,22). The number of anilines is 1. The summed E-state index contributed by atoms with van der Waals surface area (Å²) in [4.78, 5) is 6.68. The van der Waals surface area contributed by atoms with E-state index in [-0.39, 0.29) is 0 Å². The number of fused-ring (bicyclic) bond motifs is 1. The van der Waals surface area contributed by atoms with Crippen LogP contribution in [0.4, 0.5) is 5.69 Å². The molecule has 2 N–H and O–H groups in total. The van der Waals surface area contributed by atoms with Crippen LogP contribution in [0, 0.1) is 6.92 Å². The normalized spacial score (nSPS) is 15.9. The molecule has 1 aliphatic heterocycles. The van der Waals surface area contributed by atoms with Crippen LogP contribution in [0.3, 0.4) is 0 Å². The highest BCUT2D eigenvalue weighted by Crippen LogP contribution is 2.19. The molecule has 0 aliphatic carbocycles. The summed E-state index contributed by atoms with van der Waals surface area (Å²) in [5.74, 6) is 0.665. The summed E-state index contributed by atoms with van der Waals surface area (Å²) in [6.07, 6.45) is 0. The van der Waals surface area contributed by atoms with Crippen molar-refractivity contribution in [2.75, 3.05) is 44.7 Å². The van der Waals surface area contributed by atoms with Gasteiger partial charge in [-0.2, -0.15) is 0 Å².